The maximum absolute atomic E-state index is 12.2. The topological polar surface area (TPSA) is 17.1 Å². The van der Waals surface area contributed by atoms with E-state index in [1.54, 1.807) is 0 Å². The second-order valence-corrected chi connectivity index (χ2v) is 6.26. The Labute approximate surface area is 132 Å². The molecule has 0 aliphatic heterocycles. The van der Waals surface area contributed by atoms with Crippen LogP contribution in [0.5, 0.6) is 0 Å². The molecule has 0 unspecified atom stereocenters. The summed E-state index contributed by atoms with van der Waals surface area (Å²) in [5, 5.41) is 0. The normalized spacial score (nSPS) is 16.9. The van der Waals surface area contributed by atoms with E-state index < -0.39 is 0 Å². The van der Waals surface area contributed by atoms with E-state index in [-0.39, 0.29) is 0 Å². The molecular formula is C21H22O. The van der Waals surface area contributed by atoms with Crippen LogP contribution in [0.4, 0.5) is 0 Å². The van der Waals surface area contributed by atoms with Gasteiger partial charge in [0.25, 0.3) is 0 Å². The van der Waals surface area contributed by atoms with Crippen molar-refractivity contribution in [2.24, 2.45) is 0 Å². The summed E-state index contributed by atoms with van der Waals surface area (Å²) in [6.07, 6.45) is 3.47. The van der Waals surface area contributed by atoms with Crippen molar-refractivity contribution in [3.8, 4) is 0 Å². The lowest BCUT2D eigenvalue weighted by molar-refractivity contribution is -0.114. The molecule has 0 heterocycles. The fourth-order valence-electron chi connectivity index (χ4n) is 3.08. The minimum atomic E-state index is 0.336. The van der Waals surface area contributed by atoms with Gasteiger partial charge in [-0.15, -0.1) is 0 Å². The van der Waals surface area contributed by atoms with Crippen LogP contribution in [0.3, 0.4) is 0 Å². The first-order valence-corrected chi connectivity index (χ1v) is 8.01. The van der Waals surface area contributed by atoms with Crippen LogP contribution >= 0.6 is 0 Å². The molecule has 1 nitrogen and oxygen atoms in total. The third kappa shape index (κ3) is 3.19. The van der Waals surface area contributed by atoms with Crippen LogP contribution in [0, 0.1) is 13.8 Å². The lowest BCUT2D eigenvalue weighted by Crippen LogP contribution is -2.01. The highest BCUT2D eigenvalue weighted by Gasteiger charge is 2.22. The Morgan fingerprint density at radius 3 is 2.00 bits per heavy atom. The lowest BCUT2D eigenvalue weighted by atomic mass is 9.91. The molecule has 0 aromatic heterocycles. The molecule has 0 bridgehead atoms. The largest absolute Gasteiger partial charge is 0.295 e. The van der Waals surface area contributed by atoms with Crippen molar-refractivity contribution in [3.63, 3.8) is 0 Å². The molecular weight excluding hydrogens is 268 g/mol. The van der Waals surface area contributed by atoms with Gasteiger partial charge in [-0.1, -0.05) is 59.7 Å². The number of hydrogen-bond acceptors (Lipinski definition) is 1. The number of carbonyl (C=O) groups is 1. The van der Waals surface area contributed by atoms with E-state index in [1.165, 1.54) is 27.8 Å². The van der Waals surface area contributed by atoms with E-state index in [0.29, 0.717) is 12.2 Å². The van der Waals surface area contributed by atoms with Crippen LogP contribution in [0.25, 0.3) is 5.57 Å². The molecule has 22 heavy (non-hydrogen) atoms. The number of allylic oxidation sites excluding steroid dienone is 2. The number of carbonyl (C=O) groups excluding carboxylic acids is 1. The standard InChI is InChI=1S/C21H22O/c1-15-6-10-17(11-7-15)14-20(19-4-3-5-21(19)22)18-12-8-16(2)9-13-18/h6-13H,3-5,14H2,1-2H3/b20-19+. The highest BCUT2D eigenvalue weighted by molar-refractivity contribution is 6.04. The van der Waals surface area contributed by atoms with Gasteiger partial charge < -0.3 is 0 Å². The maximum Gasteiger partial charge on any atom is 0.159 e. The Morgan fingerprint density at radius 1 is 0.864 bits per heavy atom. The molecule has 1 fully saturated rings. The van der Waals surface area contributed by atoms with Gasteiger partial charge in [0, 0.05) is 6.42 Å². The number of aryl methyl sites for hydroxylation is 2. The predicted molar refractivity (Wildman–Crippen MR) is 91.8 cm³/mol. The van der Waals surface area contributed by atoms with Crippen molar-refractivity contribution in [2.75, 3.05) is 0 Å². The predicted octanol–water partition coefficient (Wildman–Crippen LogP) is 5.05. The summed E-state index contributed by atoms with van der Waals surface area (Å²) in [7, 11) is 0. The number of rotatable bonds is 3. The molecule has 0 atom stereocenters. The summed E-state index contributed by atoms with van der Waals surface area (Å²) in [6, 6.07) is 17.2. The van der Waals surface area contributed by atoms with E-state index in [2.05, 4.69) is 62.4 Å². The second kappa shape index (κ2) is 6.31. The average Bonchev–Trinajstić information content (AvgIpc) is 2.94. The smallest absolute Gasteiger partial charge is 0.159 e. The van der Waals surface area contributed by atoms with Gasteiger partial charge in [-0.25, -0.2) is 0 Å². The van der Waals surface area contributed by atoms with E-state index in [1.807, 2.05) is 0 Å². The fourth-order valence-corrected chi connectivity index (χ4v) is 3.08. The van der Waals surface area contributed by atoms with Crippen molar-refractivity contribution in [1.29, 1.82) is 0 Å². The molecule has 0 saturated heterocycles. The Bertz CT molecular complexity index is 703. The van der Waals surface area contributed by atoms with Crippen LogP contribution in [0.1, 0.15) is 41.5 Å². The van der Waals surface area contributed by atoms with Gasteiger partial charge in [0.05, 0.1) is 0 Å². The first-order chi connectivity index (χ1) is 10.6. The molecule has 2 aromatic rings. The molecule has 2 aromatic carbocycles. The molecule has 0 spiro atoms. The van der Waals surface area contributed by atoms with E-state index in [9.17, 15) is 4.79 Å². The molecule has 3 rings (SSSR count). The van der Waals surface area contributed by atoms with Crippen molar-refractivity contribution in [2.45, 2.75) is 39.5 Å². The second-order valence-electron chi connectivity index (χ2n) is 6.26. The third-order valence-electron chi connectivity index (χ3n) is 4.43. The van der Waals surface area contributed by atoms with Gasteiger partial charge in [0.1, 0.15) is 0 Å². The van der Waals surface area contributed by atoms with Gasteiger partial charge in [0.2, 0.25) is 0 Å². The Hall–Kier alpha value is -2.15. The molecule has 0 radical (unpaired) electrons. The molecule has 112 valence electrons. The van der Waals surface area contributed by atoms with E-state index in [4.69, 9.17) is 0 Å². The molecule has 0 N–H and O–H groups in total. The summed E-state index contributed by atoms with van der Waals surface area (Å²) < 4.78 is 0. The summed E-state index contributed by atoms with van der Waals surface area (Å²) in [4.78, 5) is 12.2. The highest BCUT2D eigenvalue weighted by Crippen LogP contribution is 2.32. The Balaban J connectivity index is 2.01. The van der Waals surface area contributed by atoms with Gasteiger partial charge in [0.15, 0.2) is 5.78 Å². The zero-order valence-corrected chi connectivity index (χ0v) is 13.4. The molecule has 0 amide bonds. The zero-order valence-electron chi connectivity index (χ0n) is 13.4. The molecule has 1 saturated carbocycles. The first kappa shape index (κ1) is 14.8. The SMILES string of the molecule is Cc1ccc(C/C(=C2/CCCC2=O)c2ccc(C)cc2)cc1. The average molecular weight is 290 g/mol. The van der Waals surface area contributed by atoms with Gasteiger partial charge >= 0.3 is 0 Å². The lowest BCUT2D eigenvalue weighted by Gasteiger charge is -2.12. The quantitative estimate of drug-likeness (QED) is 0.723. The maximum atomic E-state index is 12.2. The van der Waals surface area contributed by atoms with Crippen molar-refractivity contribution >= 4 is 11.4 Å². The summed E-state index contributed by atoms with van der Waals surface area (Å²) in [6.45, 7) is 4.20. The van der Waals surface area contributed by atoms with Gasteiger partial charge in [-0.2, -0.15) is 0 Å². The van der Waals surface area contributed by atoms with E-state index in [0.717, 1.165) is 24.8 Å². The molecule has 1 heteroatoms. The first-order valence-electron chi connectivity index (χ1n) is 8.01. The monoisotopic (exact) mass is 290 g/mol. The number of benzene rings is 2. The van der Waals surface area contributed by atoms with Crippen molar-refractivity contribution in [1.82, 2.24) is 0 Å². The number of Topliss-reactive ketones (excluding diaryl/α,β-unsaturated/α-hetero) is 1. The van der Waals surface area contributed by atoms with Gasteiger partial charge in [-0.05, 0) is 55.4 Å². The summed E-state index contributed by atoms with van der Waals surface area (Å²) in [5.74, 6) is 0.336. The third-order valence-corrected chi connectivity index (χ3v) is 4.43. The van der Waals surface area contributed by atoms with Crippen LogP contribution in [-0.4, -0.2) is 5.78 Å². The van der Waals surface area contributed by atoms with Crippen LogP contribution < -0.4 is 0 Å². The minimum absolute atomic E-state index is 0.336. The molecule has 1 aliphatic rings. The van der Waals surface area contributed by atoms with Crippen LogP contribution in [0.15, 0.2) is 54.1 Å². The number of ketones is 1. The van der Waals surface area contributed by atoms with Crippen LogP contribution in [-0.2, 0) is 11.2 Å². The minimum Gasteiger partial charge on any atom is -0.295 e. The number of hydrogen-bond donors (Lipinski definition) is 0. The van der Waals surface area contributed by atoms with E-state index >= 15 is 0 Å². The van der Waals surface area contributed by atoms with Crippen molar-refractivity contribution in [3.05, 3.63) is 76.4 Å². The van der Waals surface area contributed by atoms with Gasteiger partial charge in [-0.3, -0.25) is 4.79 Å². The Morgan fingerprint density at radius 2 is 1.45 bits per heavy atom. The Kier molecular flexibility index (Phi) is 4.24. The fraction of sp³-hybridized carbons (Fsp3) is 0.286. The highest BCUT2D eigenvalue weighted by atomic mass is 16.1. The molecule has 1 aliphatic carbocycles. The zero-order chi connectivity index (χ0) is 15.5. The summed E-state index contributed by atoms with van der Waals surface area (Å²) >= 11 is 0. The van der Waals surface area contributed by atoms with Crippen molar-refractivity contribution < 1.29 is 4.79 Å². The van der Waals surface area contributed by atoms with Crippen LogP contribution in [0.2, 0.25) is 0 Å². The summed E-state index contributed by atoms with van der Waals surface area (Å²) in [5.41, 5.74) is 7.24.